The lowest BCUT2D eigenvalue weighted by molar-refractivity contribution is 0.476. The van der Waals surface area contributed by atoms with E-state index in [1.54, 1.807) is 12.1 Å². The molecule has 0 saturated carbocycles. The topological polar surface area (TPSA) is 74.9 Å². The summed E-state index contributed by atoms with van der Waals surface area (Å²) in [6.07, 6.45) is 1.91. The molecule has 0 spiro atoms. The van der Waals surface area contributed by atoms with Crippen molar-refractivity contribution in [3.63, 3.8) is 0 Å². The average molecular weight is 241 g/mol. The van der Waals surface area contributed by atoms with E-state index in [0.29, 0.717) is 5.82 Å². The van der Waals surface area contributed by atoms with Crippen LogP contribution in [0.1, 0.15) is 19.0 Å². The van der Waals surface area contributed by atoms with Crippen molar-refractivity contribution in [3.05, 3.63) is 30.0 Å². The van der Waals surface area contributed by atoms with Crippen LogP contribution in [0.3, 0.4) is 0 Å². The van der Waals surface area contributed by atoms with Crippen molar-refractivity contribution in [1.29, 1.82) is 0 Å². The first-order valence-electron chi connectivity index (χ1n) is 6.09. The Morgan fingerprint density at radius 3 is 2.89 bits per heavy atom. The number of aromatic hydroxyl groups is 1. The monoisotopic (exact) mass is 241 g/mol. The quantitative estimate of drug-likeness (QED) is 0.645. The maximum absolute atomic E-state index is 9.59. The third-order valence-corrected chi connectivity index (χ3v) is 3.15. The highest BCUT2D eigenvalue weighted by Crippen LogP contribution is 2.30. The van der Waals surface area contributed by atoms with Crippen molar-refractivity contribution in [2.75, 3.05) is 5.73 Å². The second-order valence-corrected chi connectivity index (χ2v) is 4.52. The van der Waals surface area contributed by atoms with Crippen molar-refractivity contribution in [1.82, 2.24) is 9.97 Å². The fraction of sp³-hybridized carbons (Fsp3) is 0.214. The minimum absolute atomic E-state index is 0.260. The minimum Gasteiger partial charge on any atom is -0.508 e. The molecule has 92 valence electrons. The zero-order valence-electron chi connectivity index (χ0n) is 10.2. The molecule has 0 fully saturated rings. The Morgan fingerprint density at radius 2 is 2.11 bits per heavy atom. The lowest BCUT2D eigenvalue weighted by Crippen LogP contribution is -1.96. The van der Waals surface area contributed by atoms with Crippen molar-refractivity contribution in [2.24, 2.45) is 0 Å². The van der Waals surface area contributed by atoms with E-state index in [1.165, 1.54) is 0 Å². The van der Waals surface area contributed by atoms with Gasteiger partial charge < -0.3 is 15.8 Å². The zero-order chi connectivity index (χ0) is 12.7. The number of phenolic OH excluding ortho intramolecular Hbond substituents is 1. The number of H-pyrrole nitrogens is 1. The highest BCUT2D eigenvalue weighted by molar-refractivity contribution is 6.09. The van der Waals surface area contributed by atoms with Gasteiger partial charge in [-0.2, -0.15) is 0 Å². The Bertz CT molecular complexity index is 731. The van der Waals surface area contributed by atoms with E-state index in [4.69, 9.17) is 5.73 Å². The van der Waals surface area contributed by atoms with Gasteiger partial charge in [-0.3, -0.25) is 0 Å². The first kappa shape index (κ1) is 10.9. The molecule has 18 heavy (non-hydrogen) atoms. The number of nitrogens with two attached hydrogens (primary N) is 1. The first-order chi connectivity index (χ1) is 8.69. The number of hydrogen-bond acceptors (Lipinski definition) is 3. The number of aromatic nitrogens is 2. The molecule has 0 amide bonds. The molecule has 4 heteroatoms. The number of hydrogen-bond donors (Lipinski definition) is 3. The van der Waals surface area contributed by atoms with E-state index in [0.717, 1.165) is 40.3 Å². The van der Waals surface area contributed by atoms with Crippen LogP contribution in [0.4, 0.5) is 5.82 Å². The SMILES string of the molecule is CCCc1nc(N)cc2c1[nH]c1ccc(O)cc12. The van der Waals surface area contributed by atoms with E-state index in [-0.39, 0.29) is 5.75 Å². The number of aromatic amines is 1. The maximum atomic E-state index is 9.59. The number of phenols is 1. The Labute approximate surface area is 104 Å². The van der Waals surface area contributed by atoms with Crippen molar-refractivity contribution in [3.8, 4) is 5.75 Å². The summed E-state index contributed by atoms with van der Waals surface area (Å²) >= 11 is 0. The first-order valence-corrected chi connectivity index (χ1v) is 6.09. The van der Waals surface area contributed by atoms with Gasteiger partial charge in [0.05, 0.1) is 11.2 Å². The Kier molecular flexibility index (Phi) is 2.37. The third kappa shape index (κ3) is 1.57. The van der Waals surface area contributed by atoms with E-state index in [2.05, 4.69) is 16.9 Å². The molecule has 0 atom stereocenters. The fourth-order valence-corrected chi connectivity index (χ4v) is 2.39. The Morgan fingerprint density at radius 1 is 1.28 bits per heavy atom. The van der Waals surface area contributed by atoms with Crippen molar-refractivity contribution < 1.29 is 5.11 Å². The molecule has 3 rings (SSSR count). The summed E-state index contributed by atoms with van der Waals surface area (Å²) in [6.45, 7) is 2.12. The Balaban J connectivity index is 2.42. The van der Waals surface area contributed by atoms with Gasteiger partial charge in [-0.1, -0.05) is 13.3 Å². The third-order valence-electron chi connectivity index (χ3n) is 3.15. The largest absolute Gasteiger partial charge is 0.508 e. The maximum Gasteiger partial charge on any atom is 0.124 e. The van der Waals surface area contributed by atoms with Crippen LogP contribution < -0.4 is 5.73 Å². The van der Waals surface area contributed by atoms with Crippen molar-refractivity contribution in [2.45, 2.75) is 19.8 Å². The number of anilines is 1. The number of fused-ring (bicyclic) bond motifs is 3. The summed E-state index contributed by atoms with van der Waals surface area (Å²) in [7, 11) is 0. The number of rotatable bonds is 2. The molecule has 0 radical (unpaired) electrons. The van der Waals surface area contributed by atoms with E-state index >= 15 is 0 Å². The molecule has 4 N–H and O–H groups in total. The molecular weight excluding hydrogens is 226 g/mol. The van der Waals surface area contributed by atoms with Gasteiger partial charge >= 0.3 is 0 Å². The second-order valence-electron chi connectivity index (χ2n) is 4.52. The molecular formula is C14H15N3O. The van der Waals surface area contributed by atoms with E-state index < -0.39 is 0 Å². The highest BCUT2D eigenvalue weighted by Gasteiger charge is 2.10. The molecule has 1 aromatic carbocycles. The molecule has 0 aliphatic rings. The van der Waals surface area contributed by atoms with Crippen LogP contribution in [0.15, 0.2) is 24.3 Å². The number of nitrogen functional groups attached to an aromatic ring is 1. The fourth-order valence-electron chi connectivity index (χ4n) is 2.39. The van der Waals surface area contributed by atoms with Gasteiger partial charge in [0.2, 0.25) is 0 Å². The molecule has 3 aromatic rings. The molecule has 0 bridgehead atoms. The van der Waals surface area contributed by atoms with Gasteiger partial charge in [0.25, 0.3) is 0 Å². The lowest BCUT2D eigenvalue weighted by Gasteiger charge is -2.02. The van der Waals surface area contributed by atoms with Crippen molar-refractivity contribution >= 4 is 27.6 Å². The zero-order valence-corrected chi connectivity index (χ0v) is 10.2. The number of nitrogens with zero attached hydrogens (tertiary/aromatic N) is 1. The van der Waals surface area contributed by atoms with E-state index in [9.17, 15) is 5.11 Å². The van der Waals surface area contributed by atoms with Crippen LogP contribution in [-0.4, -0.2) is 15.1 Å². The summed E-state index contributed by atoms with van der Waals surface area (Å²) in [4.78, 5) is 7.75. The number of pyridine rings is 1. The minimum atomic E-state index is 0.260. The molecule has 2 aromatic heterocycles. The van der Waals surface area contributed by atoms with Crippen LogP contribution in [0.25, 0.3) is 21.8 Å². The van der Waals surface area contributed by atoms with Gasteiger partial charge in [-0.15, -0.1) is 0 Å². The van der Waals surface area contributed by atoms with Gasteiger partial charge in [0.15, 0.2) is 0 Å². The molecule has 0 aliphatic heterocycles. The predicted molar refractivity (Wildman–Crippen MR) is 73.7 cm³/mol. The highest BCUT2D eigenvalue weighted by atomic mass is 16.3. The van der Waals surface area contributed by atoms with Crippen LogP contribution in [0.5, 0.6) is 5.75 Å². The predicted octanol–water partition coefficient (Wildman–Crippen LogP) is 2.96. The normalized spacial score (nSPS) is 11.4. The summed E-state index contributed by atoms with van der Waals surface area (Å²) in [5.74, 6) is 0.783. The number of benzene rings is 1. The van der Waals surface area contributed by atoms with Crippen LogP contribution in [0, 0.1) is 0 Å². The van der Waals surface area contributed by atoms with Crippen LogP contribution >= 0.6 is 0 Å². The molecule has 0 aliphatic carbocycles. The molecule has 0 unspecified atom stereocenters. The van der Waals surface area contributed by atoms with Gasteiger partial charge in [0.1, 0.15) is 11.6 Å². The van der Waals surface area contributed by atoms with Crippen LogP contribution in [0.2, 0.25) is 0 Å². The molecule has 0 saturated heterocycles. The lowest BCUT2D eigenvalue weighted by atomic mass is 10.1. The molecule has 2 heterocycles. The van der Waals surface area contributed by atoms with Gasteiger partial charge in [-0.25, -0.2) is 4.98 Å². The smallest absolute Gasteiger partial charge is 0.124 e. The van der Waals surface area contributed by atoms with Gasteiger partial charge in [-0.05, 0) is 30.7 Å². The summed E-state index contributed by atoms with van der Waals surface area (Å²) in [6, 6.07) is 7.15. The summed E-state index contributed by atoms with van der Waals surface area (Å²) in [5, 5.41) is 11.6. The number of aryl methyl sites for hydroxylation is 1. The summed E-state index contributed by atoms with van der Waals surface area (Å²) < 4.78 is 0. The molecule has 4 nitrogen and oxygen atoms in total. The van der Waals surface area contributed by atoms with E-state index in [1.807, 2.05) is 12.1 Å². The Hall–Kier alpha value is -2.23. The number of nitrogens with one attached hydrogen (secondary N) is 1. The second kappa shape index (κ2) is 3.91. The van der Waals surface area contributed by atoms with Gasteiger partial charge in [0, 0.05) is 16.3 Å². The average Bonchev–Trinajstić information content (AvgIpc) is 2.68. The van der Waals surface area contributed by atoms with Crippen LogP contribution in [-0.2, 0) is 6.42 Å². The summed E-state index contributed by atoms with van der Waals surface area (Å²) in [5.41, 5.74) is 8.86. The standard InChI is InChI=1S/C14H15N3O/c1-2-3-12-14-10(7-13(15)16-12)9-6-8(18)4-5-11(9)17-14/h4-7,17-18H,2-3H2,1H3,(H2,15,16).